The summed E-state index contributed by atoms with van der Waals surface area (Å²) in [5.41, 5.74) is 4.32. The smallest absolute Gasteiger partial charge is 0.197 e. The predicted octanol–water partition coefficient (Wildman–Crippen LogP) is 8.70. The maximum atomic E-state index is 13.1. The van der Waals surface area contributed by atoms with Gasteiger partial charge in [-0.15, -0.1) is 0 Å². The molecule has 6 rings (SSSR count). The molecule has 0 aliphatic rings. The van der Waals surface area contributed by atoms with E-state index in [1.165, 1.54) is 6.07 Å². The van der Waals surface area contributed by atoms with Crippen LogP contribution in [0.25, 0.3) is 23.1 Å². The molecule has 0 aliphatic carbocycles. The van der Waals surface area contributed by atoms with Crippen LogP contribution in [0.2, 0.25) is 0 Å². The second-order valence-corrected chi connectivity index (χ2v) is 10.0. The van der Waals surface area contributed by atoms with Gasteiger partial charge in [-0.3, -0.25) is 4.79 Å². The lowest BCUT2D eigenvalue weighted by atomic mass is 10.1. The van der Waals surface area contributed by atoms with E-state index >= 15 is 0 Å². The van der Waals surface area contributed by atoms with E-state index in [0.29, 0.717) is 53.8 Å². The lowest BCUT2D eigenvalue weighted by Crippen LogP contribution is -2.04. The summed E-state index contributed by atoms with van der Waals surface area (Å²) < 4.78 is 24.4. The van der Waals surface area contributed by atoms with Crippen LogP contribution in [0.4, 0.5) is 0 Å². The summed E-state index contributed by atoms with van der Waals surface area (Å²) in [5.74, 6) is 2.21. The molecule has 0 spiro atoms. The first-order valence-corrected chi connectivity index (χ1v) is 14.1. The summed E-state index contributed by atoms with van der Waals surface area (Å²) in [6, 6.07) is 42.5. The normalized spacial score (nSPS) is 11.1. The van der Waals surface area contributed by atoms with E-state index in [1.807, 2.05) is 121 Å². The average Bonchev–Trinajstić information content (AvgIpc) is 3.06. The third kappa shape index (κ3) is 7.21. The molecule has 1 aromatic heterocycles. The van der Waals surface area contributed by atoms with E-state index in [1.54, 1.807) is 18.2 Å². The SMILES string of the molecule is O=c1cc(/C=C/c2ccc(OCc3ccccc3)c(OCc3ccccc3)c2)oc2cccc(OCc3ccccc3)c12. The molecule has 0 saturated carbocycles. The van der Waals surface area contributed by atoms with Crippen molar-refractivity contribution in [2.24, 2.45) is 0 Å². The first kappa shape index (κ1) is 27.6. The highest BCUT2D eigenvalue weighted by atomic mass is 16.5. The molecule has 0 aliphatic heterocycles. The van der Waals surface area contributed by atoms with E-state index in [-0.39, 0.29) is 5.43 Å². The third-order valence-corrected chi connectivity index (χ3v) is 6.85. The Balaban J connectivity index is 1.22. The molecule has 0 amide bonds. The van der Waals surface area contributed by atoms with Crippen molar-refractivity contribution < 1.29 is 18.6 Å². The van der Waals surface area contributed by atoms with Crippen LogP contribution in [0.1, 0.15) is 28.0 Å². The summed E-state index contributed by atoms with van der Waals surface area (Å²) in [5, 5.41) is 0.423. The third-order valence-electron chi connectivity index (χ3n) is 6.85. The topological polar surface area (TPSA) is 57.9 Å². The molecule has 43 heavy (non-hydrogen) atoms. The van der Waals surface area contributed by atoms with E-state index < -0.39 is 0 Å². The maximum Gasteiger partial charge on any atom is 0.197 e. The van der Waals surface area contributed by atoms with Crippen molar-refractivity contribution in [2.75, 3.05) is 0 Å². The summed E-state index contributed by atoms with van der Waals surface area (Å²) in [4.78, 5) is 13.1. The minimum Gasteiger partial charge on any atom is -0.488 e. The second kappa shape index (κ2) is 13.4. The van der Waals surface area contributed by atoms with Crippen LogP contribution in [-0.2, 0) is 19.8 Å². The van der Waals surface area contributed by atoms with Gasteiger partial charge in [0.25, 0.3) is 0 Å². The highest BCUT2D eigenvalue weighted by molar-refractivity contribution is 5.84. The van der Waals surface area contributed by atoms with Gasteiger partial charge in [-0.1, -0.05) is 109 Å². The molecule has 0 N–H and O–H groups in total. The molecule has 6 aromatic rings. The zero-order chi connectivity index (χ0) is 29.3. The van der Waals surface area contributed by atoms with Crippen LogP contribution in [0.3, 0.4) is 0 Å². The van der Waals surface area contributed by atoms with E-state index in [9.17, 15) is 4.79 Å². The molecule has 5 aromatic carbocycles. The van der Waals surface area contributed by atoms with Gasteiger partial charge in [0.2, 0.25) is 0 Å². The minimum absolute atomic E-state index is 0.166. The molecular formula is C38H30O5. The quantitative estimate of drug-likeness (QED) is 0.157. The monoisotopic (exact) mass is 566 g/mol. The van der Waals surface area contributed by atoms with Crippen molar-refractivity contribution in [3.05, 3.63) is 172 Å². The number of rotatable bonds is 11. The Labute approximate surface area is 250 Å². The Morgan fingerprint density at radius 3 is 1.67 bits per heavy atom. The maximum absolute atomic E-state index is 13.1. The van der Waals surface area contributed by atoms with Crippen molar-refractivity contribution in [1.29, 1.82) is 0 Å². The van der Waals surface area contributed by atoms with Gasteiger partial charge in [0, 0.05) is 6.07 Å². The molecule has 0 fully saturated rings. The van der Waals surface area contributed by atoms with Crippen LogP contribution in [0.5, 0.6) is 17.2 Å². The molecule has 5 heteroatoms. The van der Waals surface area contributed by atoms with Gasteiger partial charge < -0.3 is 18.6 Å². The fraction of sp³-hybridized carbons (Fsp3) is 0.0789. The van der Waals surface area contributed by atoms with Gasteiger partial charge in [-0.25, -0.2) is 0 Å². The number of ether oxygens (including phenoxy) is 3. The summed E-state index contributed by atoms with van der Waals surface area (Å²) >= 11 is 0. The average molecular weight is 567 g/mol. The van der Waals surface area contributed by atoms with Crippen molar-refractivity contribution in [3.63, 3.8) is 0 Å². The molecule has 0 atom stereocenters. The Morgan fingerprint density at radius 2 is 1.07 bits per heavy atom. The summed E-state index contributed by atoms with van der Waals surface area (Å²) in [6.07, 6.45) is 3.66. The molecule has 0 radical (unpaired) electrons. The Kier molecular flexibility index (Phi) is 8.61. The standard InChI is InChI=1S/C38H30O5/c39-33-24-32(43-36-18-10-17-35(38(33)36)41-26-30-13-6-2-7-14-30)21-19-28-20-22-34(40-25-29-11-4-1-5-12-29)37(23-28)42-27-31-15-8-3-9-16-31/h1-24H,25-27H2/b21-19+. The van der Waals surface area contributed by atoms with Crippen molar-refractivity contribution in [3.8, 4) is 17.2 Å². The molecular weight excluding hydrogens is 536 g/mol. The van der Waals surface area contributed by atoms with Crippen molar-refractivity contribution in [2.45, 2.75) is 19.8 Å². The summed E-state index contributed by atoms with van der Waals surface area (Å²) in [6.45, 7) is 1.20. The molecule has 1 heterocycles. The van der Waals surface area contributed by atoms with Gasteiger partial charge in [0.05, 0.1) is 0 Å². The predicted molar refractivity (Wildman–Crippen MR) is 170 cm³/mol. The number of hydrogen-bond donors (Lipinski definition) is 0. The van der Waals surface area contributed by atoms with Gasteiger partial charge in [0.15, 0.2) is 16.9 Å². The zero-order valence-corrected chi connectivity index (χ0v) is 23.5. The van der Waals surface area contributed by atoms with Gasteiger partial charge in [-0.05, 0) is 52.6 Å². The zero-order valence-electron chi connectivity index (χ0n) is 23.5. The molecule has 0 bridgehead atoms. The molecule has 0 unspecified atom stereocenters. The van der Waals surface area contributed by atoms with Crippen molar-refractivity contribution >= 4 is 23.1 Å². The van der Waals surface area contributed by atoms with E-state index in [2.05, 4.69) is 0 Å². The Morgan fingerprint density at radius 1 is 0.512 bits per heavy atom. The van der Waals surface area contributed by atoms with E-state index in [4.69, 9.17) is 18.6 Å². The number of fused-ring (bicyclic) bond motifs is 1. The molecule has 212 valence electrons. The van der Waals surface area contributed by atoms with Crippen LogP contribution in [0.15, 0.2) is 143 Å². The second-order valence-electron chi connectivity index (χ2n) is 10.0. The lowest BCUT2D eigenvalue weighted by molar-refractivity contribution is 0.256. The highest BCUT2D eigenvalue weighted by Crippen LogP contribution is 2.31. The Hall–Kier alpha value is -5.55. The van der Waals surface area contributed by atoms with Crippen LogP contribution in [-0.4, -0.2) is 0 Å². The largest absolute Gasteiger partial charge is 0.488 e. The fourth-order valence-electron chi connectivity index (χ4n) is 4.64. The van der Waals surface area contributed by atoms with E-state index in [0.717, 1.165) is 22.3 Å². The summed E-state index contributed by atoms with van der Waals surface area (Å²) in [7, 11) is 0. The number of hydrogen-bond acceptors (Lipinski definition) is 5. The minimum atomic E-state index is -0.166. The van der Waals surface area contributed by atoms with Crippen LogP contribution in [0, 0.1) is 0 Å². The van der Waals surface area contributed by atoms with Crippen LogP contribution >= 0.6 is 0 Å². The lowest BCUT2D eigenvalue weighted by Gasteiger charge is -2.14. The van der Waals surface area contributed by atoms with Crippen molar-refractivity contribution in [1.82, 2.24) is 0 Å². The van der Waals surface area contributed by atoms with Gasteiger partial charge >= 0.3 is 0 Å². The Bertz CT molecular complexity index is 1880. The van der Waals surface area contributed by atoms with Crippen LogP contribution < -0.4 is 19.6 Å². The fourth-order valence-corrected chi connectivity index (χ4v) is 4.64. The first-order valence-electron chi connectivity index (χ1n) is 14.1. The van der Waals surface area contributed by atoms with Gasteiger partial charge in [0.1, 0.15) is 42.3 Å². The molecule has 5 nitrogen and oxygen atoms in total. The molecule has 0 saturated heterocycles. The van der Waals surface area contributed by atoms with Gasteiger partial charge in [-0.2, -0.15) is 0 Å². The first-order chi connectivity index (χ1) is 21.2. The number of benzene rings is 5. The highest BCUT2D eigenvalue weighted by Gasteiger charge is 2.11.